The van der Waals surface area contributed by atoms with E-state index in [4.69, 9.17) is 15.0 Å². The predicted molar refractivity (Wildman–Crippen MR) is 265 cm³/mol. The number of rotatable bonds is 6. The molecule has 13 aromatic rings. The van der Waals surface area contributed by atoms with E-state index in [1.807, 2.05) is 24.3 Å². The summed E-state index contributed by atoms with van der Waals surface area (Å²) in [6.45, 7) is 0. The molecule has 0 aliphatic heterocycles. The van der Waals surface area contributed by atoms with Gasteiger partial charge in [0, 0.05) is 49.3 Å². The van der Waals surface area contributed by atoms with Crippen molar-refractivity contribution in [2.75, 3.05) is 0 Å². The van der Waals surface area contributed by atoms with Crippen LogP contribution in [0.1, 0.15) is 0 Å². The SMILES string of the molecule is c1ccc(-c2cccc(-c3nc(-c4ccccc4)nc(-c4ccc(-n5c6ccccc6c6cc7ccccc7c(-n7c8ccccc8c8c9ccccc9ccc87)c65)cc4)n3)c2)cc1. The summed E-state index contributed by atoms with van der Waals surface area (Å²) in [7, 11) is 0. The molecule has 13 rings (SSSR count). The van der Waals surface area contributed by atoms with Crippen molar-refractivity contribution in [1.82, 2.24) is 24.1 Å². The molecule has 0 aliphatic carbocycles. The minimum absolute atomic E-state index is 0.618. The number of para-hydroxylation sites is 2. The average Bonchev–Trinajstić information content (AvgIpc) is 3.89. The molecule has 5 heteroatoms. The van der Waals surface area contributed by atoms with Crippen LogP contribution in [-0.4, -0.2) is 24.1 Å². The topological polar surface area (TPSA) is 48.5 Å². The van der Waals surface area contributed by atoms with Gasteiger partial charge in [-0.25, -0.2) is 15.0 Å². The van der Waals surface area contributed by atoms with Crippen molar-refractivity contribution in [2.45, 2.75) is 0 Å². The van der Waals surface area contributed by atoms with E-state index >= 15 is 0 Å². The summed E-state index contributed by atoms with van der Waals surface area (Å²) in [4.78, 5) is 15.3. The fraction of sp³-hybridized carbons (Fsp3) is 0. The van der Waals surface area contributed by atoms with Crippen LogP contribution in [0.25, 0.3) is 122 Å². The third-order valence-corrected chi connectivity index (χ3v) is 12.7. The minimum atomic E-state index is 0.618. The Balaban J connectivity index is 1.04. The maximum absolute atomic E-state index is 5.16. The van der Waals surface area contributed by atoms with Crippen molar-refractivity contribution < 1.29 is 0 Å². The van der Waals surface area contributed by atoms with Crippen molar-refractivity contribution in [3.05, 3.63) is 224 Å². The molecule has 3 aromatic heterocycles. The summed E-state index contributed by atoms with van der Waals surface area (Å²) >= 11 is 0. The first kappa shape index (κ1) is 36.0. The van der Waals surface area contributed by atoms with Gasteiger partial charge in [0.05, 0.1) is 27.8 Å². The lowest BCUT2D eigenvalue weighted by Crippen LogP contribution is -2.02. The highest BCUT2D eigenvalue weighted by atomic mass is 15.1. The molecule has 0 fully saturated rings. The highest BCUT2D eigenvalue weighted by Crippen LogP contribution is 2.44. The van der Waals surface area contributed by atoms with Crippen molar-refractivity contribution in [2.24, 2.45) is 0 Å². The van der Waals surface area contributed by atoms with E-state index in [0.29, 0.717) is 17.5 Å². The Labute approximate surface area is 368 Å². The maximum Gasteiger partial charge on any atom is 0.164 e. The van der Waals surface area contributed by atoms with Gasteiger partial charge in [-0.1, -0.05) is 170 Å². The molecule has 64 heavy (non-hydrogen) atoms. The molecule has 0 N–H and O–H groups in total. The van der Waals surface area contributed by atoms with Crippen LogP contribution in [0.5, 0.6) is 0 Å². The van der Waals surface area contributed by atoms with Crippen LogP contribution in [0.15, 0.2) is 224 Å². The first-order valence-corrected chi connectivity index (χ1v) is 21.7. The summed E-state index contributed by atoms with van der Waals surface area (Å²) in [5.41, 5.74) is 11.9. The zero-order valence-corrected chi connectivity index (χ0v) is 34.6. The molecule has 3 heterocycles. The van der Waals surface area contributed by atoms with Gasteiger partial charge in [0.1, 0.15) is 0 Å². The first-order valence-electron chi connectivity index (χ1n) is 21.7. The molecular formula is C59H37N5. The first-order chi connectivity index (χ1) is 31.7. The lowest BCUT2D eigenvalue weighted by molar-refractivity contribution is 1.07. The summed E-state index contributed by atoms with van der Waals surface area (Å²) < 4.78 is 4.96. The minimum Gasteiger partial charge on any atom is -0.307 e. The van der Waals surface area contributed by atoms with Gasteiger partial charge in [0.25, 0.3) is 0 Å². The molecular weight excluding hydrogens is 779 g/mol. The number of fused-ring (bicyclic) bond motifs is 9. The summed E-state index contributed by atoms with van der Waals surface area (Å²) in [6.07, 6.45) is 0. The molecule has 0 bridgehead atoms. The van der Waals surface area contributed by atoms with E-state index in [0.717, 1.165) is 50.2 Å². The fourth-order valence-electron chi connectivity index (χ4n) is 9.82. The van der Waals surface area contributed by atoms with Gasteiger partial charge in [-0.05, 0) is 81.9 Å². The fourth-order valence-corrected chi connectivity index (χ4v) is 9.82. The Bertz CT molecular complexity index is 3940. The molecule has 0 amide bonds. The predicted octanol–water partition coefficient (Wildman–Crippen LogP) is 15.0. The lowest BCUT2D eigenvalue weighted by Gasteiger charge is -2.17. The zero-order valence-electron chi connectivity index (χ0n) is 34.6. The van der Waals surface area contributed by atoms with E-state index in [-0.39, 0.29) is 0 Å². The maximum atomic E-state index is 5.16. The standard InChI is InChI=1S/C59H37N5/c1-3-16-38(17-4-1)42-22-15-23-44(36-42)59-61-57(40-19-5-2-6-20-40)60-58(62-59)41-30-33-45(34-31-41)63-51-28-13-11-26-48(51)50-37-43-21-8-10-25-47(43)55(56(50)63)64-52-29-14-12-27-49(52)54-46-24-9-7-18-39(46)32-35-53(54)64/h1-37H. The number of benzene rings is 10. The summed E-state index contributed by atoms with van der Waals surface area (Å²) in [5.74, 6) is 1.88. The van der Waals surface area contributed by atoms with Gasteiger partial charge in [0.2, 0.25) is 0 Å². The Morgan fingerprint density at radius 1 is 0.281 bits per heavy atom. The zero-order chi connectivity index (χ0) is 42.1. The molecule has 0 saturated carbocycles. The van der Waals surface area contributed by atoms with Gasteiger partial charge in [-0.3, -0.25) is 0 Å². The second-order valence-electron chi connectivity index (χ2n) is 16.4. The number of aromatic nitrogens is 5. The van der Waals surface area contributed by atoms with Gasteiger partial charge >= 0.3 is 0 Å². The van der Waals surface area contributed by atoms with Crippen molar-refractivity contribution in [3.63, 3.8) is 0 Å². The highest BCUT2D eigenvalue weighted by molar-refractivity contribution is 6.24. The average molecular weight is 816 g/mol. The number of nitrogens with zero attached hydrogens (tertiary/aromatic N) is 5. The second-order valence-corrected chi connectivity index (χ2v) is 16.4. The Kier molecular flexibility index (Phi) is 8.15. The van der Waals surface area contributed by atoms with Gasteiger partial charge in [-0.15, -0.1) is 0 Å². The van der Waals surface area contributed by atoms with Gasteiger partial charge in [0.15, 0.2) is 17.5 Å². The van der Waals surface area contributed by atoms with Crippen molar-refractivity contribution >= 4 is 65.2 Å². The monoisotopic (exact) mass is 815 g/mol. The van der Waals surface area contributed by atoms with E-state index in [2.05, 4.69) is 209 Å². The Hall–Kier alpha value is -8.67. The Morgan fingerprint density at radius 3 is 1.55 bits per heavy atom. The molecule has 298 valence electrons. The van der Waals surface area contributed by atoms with Crippen LogP contribution < -0.4 is 0 Å². The lowest BCUT2D eigenvalue weighted by atomic mass is 10.0. The normalized spacial score (nSPS) is 11.8. The quantitative estimate of drug-likeness (QED) is 0.168. The molecule has 0 saturated heterocycles. The molecule has 5 nitrogen and oxygen atoms in total. The summed E-state index contributed by atoms with van der Waals surface area (Å²) in [5, 5.41) is 9.78. The van der Waals surface area contributed by atoms with Gasteiger partial charge in [-0.2, -0.15) is 0 Å². The van der Waals surface area contributed by atoms with Crippen molar-refractivity contribution in [1.29, 1.82) is 0 Å². The molecule has 0 radical (unpaired) electrons. The highest BCUT2D eigenvalue weighted by Gasteiger charge is 2.24. The van der Waals surface area contributed by atoms with Crippen LogP contribution in [-0.2, 0) is 0 Å². The number of hydrogen-bond donors (Lipinski definition) is 0. The number of hydrogen-bond acceptors (Lipinski definition) is 3. The third kappa shape index (κ3) is 5.68. The smallest absolute Gasteiger partial charge is 0.164 e. The summed E-state index contributed by atoms with van der Waals surface area (Å²) in [6, 6.07) is 79.9. The van der Waals surface area contributed by atoms with Gasteiger partial charge < -0.3 is 9.13 Å². The van der Waals surface area contributed by atoms with E-state index in [1.165, 1.54) is 54.1 Å². The van der Waals surface area contributed by atoms with Crippen LogP contribution >= 0.6 is 0 Å². The van der Waals surface area contributed by atoms with Crippen LogP contribution in [0.3, 0.4) is 0 Å². The Morgan fingerprint density at radius 2 is 0.812 bits per heavy atom. The molecule has 0 atom stereocenters. The van der Waals surface area contributed by atoms with E-state index < -0.39 is 0 Å². The third-order valence-electron chi connectivity index (χ3n) is 12.7. The largest absolute Gasteiger partial charge is 0.307 e. The molecule has 0 unspecified atom stereocenters. The van der Waals surface area contributed by atoms with Crippen LogP contribution in [0.4, 0.5) is 0 Å². The second kappa shape index (κ2) is 14.5. The van der Waals surface area contributed by atoms with Crippen LogP contribution in [0.2, 0.25) is 0 Å². The van der Waals surface area contributed by atoms with Crippen LogP contribution in [0, 0.1) is 0 Å². The van der Waals surface area contributed by atoms with Crippen molar-refractivity contribution in [3.8, 4) is 56.7 Å². The van der Waals surface area contributed by atoms with E-state index in [9.17, 15) is 0 Å². The molecule has 10 aromatic carbocycles. The molecule has 0 spiro atoms. The molecule has 0 aliphatic rings. The van der Waals surface area contributed by atoms with E-state index in [1.54, 1.807) is 0 Å².